The molecule has 0 saturated carbocycles. The second-order valence-electron chi connectivity index (χ2n) is 8.45. The first-order chi connectivity index (χ1) is 15.9. The number of sulfonamides is 1. The Hall–Kier alpha value is -3.10. The van der Waals surface area contributed by atoms with Gasteiger partial charge in [0.2, 0.25) is 10.0 Å². The lowest BCUT2D eigenvalue weighted by molar-refractivity contribution is -0.119. The number of rotatable bonds is 7. The van der Waals surface area contributed by atoms with Crippen LogP contribution in [-0.4, -0.2) is 37.9 Å². The summed E-state index contributed by atoms with van der Waals surface area (Å²) in [6.07, 6.45) is 2.61. The minimum Gasteiger partial charge on any atom is -0.318 e. The predicted octanol–water partition coefficient (Wildman–Crippen LogP) is 4.59. The molecule has 9 heteroatoms. The van der Waals surface area contributed by atoms with Crippen LogP contribution < -0.4 is 9.73 Å². The fraction of sp³-hybridized carbons (Fsp3) is 0.280. The second kappa shape index (κ2) is 10.0. The molecular formula is C25H29ClN4O3S. The predicted molar refractivity (Wildman–Crippen MR) is 139 cm³/mol. The molecule has 34 heavy (non-hydrogen) atoms. The van der Waals surface area contributed by atoms with Gasteiger partial charge in [0.15, 0.2) is 0 Å². The number of hydrazone groups is 1. The van der Waals surface area contributed by atoms with E-state index in [0.29, 0.717) is 16.3 Å². The quantitative estimate of drug-likeness (QED) is 0.380. The van der Waals surface area contributed by atoms with E-state index in [2.05, 4.69) is 47.1 Å². The monoisotopic (exact) mass is 500 g/mol. The minimum atomic E-state index is -3.72. The maximum Gasteiger partial charge on any atom is 0.260 e. The van der Waals surface area contributed by atoms with Crippen molar-refractivity contribution in [1.29, 1.82) is 0 Å². The molecule has 0 aliphatic rings. The fourth-order valence-electron chi connectivity index (χ4n) is 3.98. The second-order valence-corrected chi connectivity index (χ2v) is 10.8. The Balaban J connectivity index is 1.79. The van der Waals surface area contributed by atoms with Crippen LogP contribution in [0.2, 0.25) is 5.02 Å². The third kappa shape index (κ3) is 5.69. The van der Waals surface area contributed by atoms with Crippen LogP contribution in [0.3, 0.4) is 0 Å². The molecule has 1 heterocycles. The topological polar surface area (TPSA) is 83.8 Å². The van der Waals surface area contributed by atoms with E-state index in [-0.39, 0.29) is 0 Å². The van der Waals surface area contributed by atoms with Crippen LogP contribution in [0.1, 0.15) is 33.6 Å². The summed E-state index contributed by atoms with van der Waals surface area (Å²) in [5.74, 6) is -0.566. The van der Waals surface area contributed by atoms with E-state index in [9.17, 15) is 13.2 Å². The third-order valence-corrected chi connectivity index (χ3v) is 7.06. The van der Waals surface area contributed by atoms with Crippen molar-refractivity contribution in [2.24, 2.45) is 5.10 Å². The first kappa shape index (κ1) is 25.5. The highest BCUT2D eigenvalue weighted by Crippen LogP contribution is 2.28. The summed E-state index contributed by atoms with van der Waals surface area (Å²) in [6.45, 7) is 9.41. The summed E-state index contributed by atoms with van der Waals surface area (Å²) in [7, 11) is -3.72. The average molecular weight is 501 g/mol. The van der Waals surface area contributed by atoms with E-state index in [1.54, 1.807) is 31.3 Å². The van der Waals surface area contributed by atoms with Gasteiger partial charge in [-0.1, -0.05) is 23.7 Å². The Kier molecular flexibility index (Phi) is 7.53. The van der Waals surface area contributed by atoms with Crippen LogP contribution in [0.4, 0.5) is 5.69 Å². The first-order valence-electron chi connectivity index (χ1n) is 10.7. The summed E-state index contributed by atoms with van der Waals surface area (Å²) >= 11 is 6.14. The van der Waals surface area contributed by atoms with Gasteiger partial charge in [-0.05, 0) is 81.6 Å². The van der Waals surface area contributed by atoms with Crippen molar-refractivity contribution in [2.75, 3.05) is 17.1 Å². The summed E-state index contributed by atoms with van der Waals surface area (Å²) < 4.78 is 27.9. The third-order valence-electron chi connectivity index (χ3n) is 5.52. The van der Waals surface area contributed by atoms with Crippen LogP contribution in [0.25, 0.3) is 5.69 Å². The maximum atomic E-state index is 12.5. The molecule has 3 aromatic rings. The molecule has 0 radical (unpaired) electrons. The highest BCUT2D eigenvalue weighted by atomic mass is 35.5. The first-order valence-corrected chi connectivity index (χ1v) is 12.9. The molecule has 0 atom stereocenters. The molecule has 0 aliphatic heterocycles. The SMILES string of the molecule is Cc1cc(C)cc(-n2c(C)cc(/C=N\NC(=O)CN(c3cccc(Cl)c3C)S(C)(=O)=O)c2C)c1. The number of aryl methyl sites for hydroxylation is 3. The number of amides is 1. The van der Waals surface area contributed by atoms with Gasteiger partial charge in [0.05, 0.1) is 18.2 Å². The lowest BCUT2D eigenvalue weighted by Crippen LogP contribution is -2.39. The molecule has 0 bridgehead atoms. The molecule has 0 spiro atoms. The standard InChI is InChI=1S/C25H29ClN4O3S/c1-16-10-17(2)12-22(11-16)30-18(3)13-21(20(30)5)14-27-28-25(31)15-29(34(6,32)33)24-9-7-8-23(26)19(24)4/h7-14H,15H2,1-6H3,(H,28,31)/b27-14-. The number of hydrogen-bond donors (Lipinski definition) is 1. The van der Waals surface area contributed by atoms with Crippen molar-refractivity contribution < 1.29 is 13.2 Å². The van der Waals surface area contributed by atoms with Crippen molar-refractivity contribution in [3.63, 3.8) is 0 Å². The van der Waals surface area contributed by atoms with E-state index >= 15 is 0 Å². The number of anilines is 1. The zero-order chi connectivity index (χ0) is 25.2. The van der Waals surface area contributed by atoms with Crippen LogP contribution in [0.15, 0.2) is 47.6 Å². The Morgan fingerprint density at radius 2 is 1.74 bits per heavy atom. The maximum absolute atomic E-state index is 12.5. The largest absolute Gasteiger partial charge is 0.318 e. The van der Waals surface area contributed by atoms with Crippen molar-refractivity contribution in [3.05, 3.63) is 81.1 Å². The van der Waals surface area contributed by atoms with Crippen molar-refractivity contribution in [2.45, 2.75) is 34.6 Å². The fourth-order valence-corrected chi connectivity index (χ4v) is 5.06. The van der Waals surface area contributed by atoms with Crippen molar-refractivity contribution >= 4 is 39.4 Å². The van der Waals surface area contributed by atoms with Crippen LogP contribution in [0, 0.1) is 34.6 Å². The summed E-state index contributed by atoms with van der Waals surface area (Å²) in [5, 5.41) is 4.49. The lowest BCUT2D eigenvalue weighted by atomic mass is 10.1. The molecule has 7 nitrogen and oxygen atoms in total. The van der Waals surface area contributed by atoms with E-state index in [4.69, 9.17) is 11.6 Å². The number of nitrogens with one attached hydrogen (secondary N) is 1. The Morgan fingerprint density at radius 3 is 2.35 bits per heavy atom. The molecule has 0 aliphatic carbocycles. The summed E-state index contributed by atoms with van der Waals surface area (Å²) in [4.78, 5) is 12.5. The van der Waals surface area contributed by atoms with Gasteiger partial charge in [-0.2, -0.15) is 5.10 Å². The van der Waals surface area contributed by atoms with Gasteiger partial charge >= 0.3 is 0 Å². The number of halogens is 1. The van der Waals surface area contributed by atoms with Crippen LogP contribution in [-0.2, 0) is 14.8 Å². The summed E-state index contributed by atoms with van der Waals surface area (Å²) in [6, 6.07) is 13.3. The molecule has 0 unspecified atom stereocenters. The number of benzene rings is 2. The van der Waals surface area contributed by atoms with Crippen molar-refractivity contribution in [3.8, 4) is 5.69 Å². The minimum absolute atomic E-state index is 0.353. The van der Waals surface area contributed by atoms with Gasteiger partial charge in [-0.3, -0.25) is 9.10 Å². The Labute approximate surface area is 206 Å². The van der Waals surface area contributed by atoms with Gasteiger partial charge in [0.25, 0.3) is 5.91 Å². The summed E-state index contributed by atoms with van der Waals surface area (Å²) in [5.41, 5.74) is 9.65. The highest BCUT2D eigenvalue weighted by molar-refractivity contribution is 7.92. The molecule has 1 N–H and O–H groups in total. The molecular weight excluding hydrogens is 472 g/mol. The Morgan fingerprint density at radius 1 is 1.09 bits per heavy atom. The van der Waals surface area contributed by atoms with Gasteiger partial charge in [0.1, 0.15) is 6.54 Å². The van der Waals surface area contributed by atoms with Crippen LogP contribution in [0.5, 0.6) is 0 Å². The number of carbonyl (C=O) groups is 1. The molecule has 1 amide bonds. The van der Waals surface area contributed by atoms with E-state index in [0.717, 1.165) is 33.2 Å². The zero-order valence-corrected chi connectivity index (χ0v) is 21.8. The van der Waals surface area contributed by atoms with Gasteiger partial charge in [-0.25, -0.2) is 13.8 Å². The molecule has 1 aromatic heterocycles. The van der Waals surface area contributed by atoms with E-state index in [1.807, 2.05) is 19.9 Å². The number of nitrogens with zero attached hydrogens (tertiary/aromatic N) is 3. The smallest absolute Gasteiger partial charge is 0.260 e. The van der Waals surface area contributed by atoms with Crippen molar-refractivity contribution in [1.82, 2.24) is 9.99 Å². The van der Waals surface area contributed by atoms with Crippen LogP contribution >= 0.6 is 11.6 Å². The molecule has 2 aromatic carbocycles. The molecule has 180 valence electrons. The Bertz CT molecular complexity index is 1360. The van der Waals surface area contributed by atoms with Gasteiger partial charge in [0, 0.05) is 27.7 Å². The van der Waals surface area contributed by atoms with E-state index in [1.165, 1.54) is 11.1 Å². The van der Waals surface area contributed by atoms with E-state index < -0.39 is 22.5 Å². The number of hydrogen-bond acceptors (Lipinski definition) is 4. The zero-order valence-electron chi connectivity index (χ0n) is 20.2. The molecule has 0 saturated heterocycles. The lowest BCUT2D eigenvalue weighted by Gasteiger charge is -2.23. The van der Waals surface area contributed by atoms with Gasteiger partial charge in [-0.15, -0.1) is 0 Å². The van der Waals surface area contributed by atoms with Gasteiger partial charge < -0.3 is 4.57 Å². The number of aromatic nitrogens is 1. The number of carbonyl (C=O) groups excluding carboxylic acids is 1. The average Bonchev–Trinajstić information content (AvgIpc) is 3.00. The molecule has 3 rings (SSSR count). The normalized spacial score (nSPS) is 11.7. The molecule has 0 fully saturated rings. The highest BCUT2D eigenvalue weighted by Gasteiger charge is 2.23.